The van der Waals surface area contributed by atoms with Crippen molar-refractivity contribution in [2.45, 2.75) is 11.4 Å². The van der Waals surface area contributed by atoms with Crippen molar-refractivity contribution >= 4 is 38.8 Å². The summed E-state index contributed by atoms with van der Waals surface area (Å²) in [5, 5.41) is 4.93. The predicted molar refractivity (Wildman–Crippen MR) is 77.1 cm³/mol. The second kappa shape index (κ2) is 5.87. The third kappa shape index (κ3) is 3.24. The van der Waals surface area contributed by atoms with Crippen molar-refractivity contribution in [2.75, 3.05) is 11.8 Å². The zero-order valence-corrected chi connectivity index (χ0v) is 12.4. The molecular formula is C11H12ClN3O2S2. The minimum absolute atomic E-state index is 0.130. The summed E-state index contributed by atoms with van der Waals surface area (Å²) in [6.45, 7) is 0.490. The molecule has 2 aromatic heterocycles. The van der Waals surface area contributed by atoms with Gasteiger partial charge in [0.2, 0.25) is 0 Å². The molecule has 0 saturated heterocycles. The molecule has 0 radical (unpaired) electrons. The van der Waals surface area contributed by atoms with Gasteiger partial charge in [0.05, 0.1) is 5.02 Å². The van der Waals surface area contributed by atoms with Gasteiger partial charge in [-0.2, -0.15) is 0 Å². The number of sulfonamides is 1. The Kier molecular flexibility index (Phi) is 4.41. The van der Waals surface area contributed by atoms with Crippen molar-refractivity contribution in [1.29, 1.82) is 0 Å². The van der Waals surface area contributed by atoms with Crippen LogP contribution in [0.2, 0.25) is 5.02 Å². The minimum Gasteiger partial charge on any atom is -0.315 e. The standard InChI is InChI=1S/C11H12ClN3O2S2/c1-13-7-9-10(4-6-18-9)19(16,17)15-11-8(12)3-2-5-14-11/h2-6,13H,7H2,1H3,(H,14,15). The fourth-order valence-corrected chi connectivity index (χ4v) is 4.21. The van der Waals surface area contributed by atoms with Crippen LogP contribution >= 0.6 is 22.9 Å². The first-order chi connectivity index (χ1) is 9.04. The van der Waals surface area contributed by atoms with E-state index in [2.05, 4.69) is 15.0 Å². The molecule has 2 rings (SSSR count). The van der Waals surface area contributed by atoms with E-state index in [-0.39, 0.29) is 15.7 Å². The monoisotopic (exact) mass is 317 g/mol. The molecule has 5 nitrogen and oxygen atoms in total. The molecule has 0 saturated carbocycles. The van der Waals surface area contributed by atoms with E-state index in [0.717, 1.165) is 4.88 Å². The van der Waals surface area contributed by atoms with Gasteiger partial charge in [-0.3, -0.25) is 4.72 Å². The summed E-state index contributed by atoms with van der Waals surface area (Å²) < 4.78 is 27.0. The minimum atomic E-state index is -3.67. The summed E-state index contributed by atoms with van der Waals surface area (Å²) in [5.41, 5.74) is 0. The van der Waals surface area contributed by atoms with Crippen LogP contribution < -0.4 is 10.0 Å². The Morgan fingerprint density at radius 1 is 1.42 bits per heavy atom. The van der Waals surface area contributed by atoms with Crippen LogP contribution in [0.4, 0.5) is 5.82 Å². The Balaban J connectivity index is 2.33. The fourth-order valence-electron chi connectivity index (χ4n) is 1.50. The van der Waals surface area contributed by atoms with Crippen molar-refractivity contribution in [1.82, 2.24) is 10.3 Å². The number of pyridine rings is 1. The zero-order valence-electron chi connectivity index (χ0n) is 10.1. The third-order valence-electron chi connectivity index (χ3n) is 2.32. The average molecular weight is 318 g/mol. The second-order valence-corrected chi connectivity index (χ2v) is 6.74. The van der Waals surface area contributed by atoms with Crippen LogP contribution in [0.3, 0.4) is 0 Å². The van der Waals surface area contributed by atoms with Crippen molar-refractivity contribution < 1.29 is 8.42 Å². The van der Waals surface area contributed by atoms with E-state index < -0.39 is 10.0 Å². The number of thiophene rings is 1. The molecular weight excluding hydrogens is 306 g/mol. The maximum absolute atomic E-state index is 12.3. The number of aromatic nitrogens is 1. The summed E-state index contributed by atoms with van der Waals surface area (Å²) in [6.07, 6.45) is 1.48. The van der Waals surface area contributed by atoms with E-state index in [1.54, 1.807) is 30.6 Å². The van der Waals surface area contributed by atoms with Gasteiger partial charge >= 0.3 is 0 Å². The highest BCUT2D eigenvalue weighted by molar-refractivity contribution is 7.93. The first kappa shape index (κ1) is 14.3. The van der Waals surface area contributed by atoms with E-state index in [1.165, 1.54) is 17.5 Å². The SMILES string of the molecule is CNCc1sccc1S(=O)(=O)Nc1ncccc1Cl. The predicted octanol–water partition coefficient (Wildman–Crippen LogP) is 2.32. The number of nitrogens with zero attached hydrogens (tertiary/aromatic N) is 1. The molecule has 8 heteroatoms. The lowest BCUT2D eigenvalue weighted by atomic mass is 10.5. The van der Waals surface area contributed by atoms with Crippen LogP contribution in [-0.2, 0) is 16.6 Å². The maximum atomic E-state index is 12.3. The number of hydrogen-bond donors (Lipinski definition) is 2. The normalized spacial score (nSPS) is 11.5. The Morgan fingerprint density at radius 2 is 2.21 bits per heavy atom. The molecule has 102 valence electrons. The highest BCUT2D eigenvalue weighted by Crippen LogP contribution is 2.26. The van der Waals surface area contributed by atoms with Gasteiger partial charge in [0.25, 0.3) is 10.0 Å². The lowest BCUT2D eigenvalue weighted by Crippen LogP contribution is -2.16. The Hall–Kier alpha value is -1.15. The molecule has 0 unspecified atom stereocenters. The number of halogens is 1. The van der Waals surface area contributed by atoms with E-state index in [1.807, 2.05) is 0 Å². The van der Waals surface area contributed by atoms with Gasteiger partial charge in [-0.25, -0.2) is 13.4 Å². The highest BCUT2D eigenvalue weighted by Gasteiger charge is 2.20. The van der Waals surface area contributed by atoms with Crippen molar-refractivity contribution in [3.05, 3.63) is 39.7 Å². The molecule has 19 heavy (non-hydrogen) atoms. The van der Waals surface area contributed by atoms with Gasteiger partial charge in [-0.1, -0.05) is 11.6 Å². The smallest absolute Gasteiger partial charge is 0.264 e. The second-order valence-electron chi connectivity index (χ2n) is 3.68. The summed E-state index contributed by atoms with van der Waals surface area (Å²) in [5.74, 6) is 0.130. The molecule has 0 aliphatic rings. The molecule has 0 aliphatic carbocycles. The number of rotatable bonds is 5. The molecule has 2 heterocycles. The quantitative estimate of drug-likeness (QED) is 0.888. The number of hydrogen-bond acceptors (Lipinski definition) is 5. The Bertz CT molecular complexity index is 670. The van der Waals surface area contributed by atoms with E-state index in [4.69, 9.17) is 11.6 Å². The summed E-state index contributed by atoms with van der Waals surface area (Å²) in [7, 11) is -1.91. The van der Waals surface area contributed by atoms with Crippen molar-refractivity contribution in [3.8, 4) is 0 Å². The van der Waals surface area contributed by atoms with Gasteiger partial charge in [0.15, 0.2) is 5.82 Å². The van der Waals surface area contributed by atoms with E-state index >= 15 is 0 Å². The molecule has 0 atom stereocenters. The molecule has 0 spiro atoms. The summed E-state index contributed by atoms with van der Waals surface area (Å²) in [6, 6.07) is 4.78. The number of anilines is 1. The van der Waals surface area contributed by atoms with Gasteiger partial charge in [0, 0.05) is 17.6 Å². The zero-order chi connectivity index (χ0) is 13.9. The first-order valence-corrected chi connectivity index (χ1v) is 8.13. The summed E-state index contributed by atoms with van der Waals surface area (Å²) >= 11 is 7.27. The Labute approximate surface area is 120 Å². The first-order valence-electron chi connectivity index (χ1n) is 5.39. The van der Waals surface area contributed by atoms with Gasteiger partial charge in [-0.05, 0) is 30.6 Å². The third-order valence-corrected chi connectivity index (χ3v) is 5.10. The average Bonchev–Trinajstić information content (AvgIpc) is 2.81. The van der Waals surface area contributed by atoms with Crippen LogP contribution in [0.15, 0.2) is 34.7 Å². The molecule has 0 bridgehead atoms. The molecule has 0 aliphatic heterocycles. The van der Waals surface area contributed by atoms with Crippen molar-refractivity contribution in [3.63, 3.8) is 0 Å². The summed E-state index contributed by atoms with van der Waals surface area (Å²) in [4.78, 5) is 4.90. The van der Waals surface area contributed by atoms with Crippen LogP contribution in [0.1, 0.15) is 4.88 Å². The van der Waals surface area contributed by atoms with Crippen LogP contribution in [0.5, 0.6) is 0 Å². The topological polar surface area (TPSA) is 71.1 Å². The van der Waals surface area contributed by atoms with Gasteiger partial charge < -0.3 is 5.32 Å². The lowest BCUT2D eigenvalue weighted by molar-refractivity contribution is 0.600. The Morgan fingerprint density at radius 3 is 2.89 bits per heavy atom. The van der Waals surface area contributed by atoms with Gasteiger partial charge in [0.1, 0.15) is 4.90 Å². The van der Waals surface area contributed by atoms with Crippen LogP contribution in [-0.4, -0.2) is 20.4 Å². The highest BCUT2D eigenvalue weighted by atomic mass is 35.5. The largest absolute Gasteiger partial charge is 0.315 e. The number of nitrogens with one attached hydrogen (secondary N) is 2. The molecule has 2 N–H and O–H groups in total. The molecule has 0 aromatic carbocycles. The molecule has 0 amide bonds. The van der Waals surface area contributed by atoms with Crippen LogP contribution in [0.25, 0.3) is 0 Å². The van der Waals surface area contributed by atoms with Crippen molar-refractivity contribution in [2.24, 2.45) is 0 Å². The molecule has 2 aromatic rings. The van der Waals surface area contributed by atoms with Gasteiger partial charge in [-0.15, -0.1) is 11.3 Å². The fraction of sp³-hybridized carbons (Fsp3) is 0.182. The lowest BCUT2D eigenvalue weighted by Gasteiger charge is -2.09. The molecule has 0 fully saturated rings. The van der Waals surface area contributed by atoms with Crippen LogP contribution in [0, 0.1) is 0 Å². The van der Waals surface area contributed by atoms with E-state index in [0.29, 0.717) is 6.54 Å². The van der Waals surface area contributed by atoms with E-state index in [9.17, 15) is 8.42 Å². The maximum Gasteiger partial charge on any atom is 0.264 e.